The second-order valence-corrected chi connectivity index (χ2v) is 4.08. The molecular weight excluding hydrogens is 198 g/mol. The molecule has 1 rings (SSSR count). The van der Waals surface area contributed by atoms with Gasteiger partial charge in [-0.25, -0.2) is 0 Å². The van der Waals surface area contributed by atoms with E-state index in [1.54, 1.807) is 0 Å². The number of anilines is 1. The summed E-state index contributed by atoms with van der Waals surface area (Å²) in [7, 11) is 0. The van der Waals surface area contributed by atoms with Gasteiger partial charge in [0.05, 0.1) is 22.9 Å². The summed E-state index contributed by atoms with van der Waals surface area (Å²) in [4.78, 5) is 0. The van der Waals surface area contributed by atoms with Gasteiger partial charge in [-0.1, -0.05) is 30.7 Å². The van der Waals surface area contributed by atoms with Crippen LogP contribution in [0.2, 0.25) is 5.02 Å². The van der Waals surface area contributed by atoms with Crippen LogP contribution in [-0.4, -0.2) is 17.3 Å². The monoisotopic (exact) mass is 213 g/mol. The third-order valence-corrected chi connectivity index (χ3v) is 2.77. The topological polar surface area (TPSA) is 32.3 Å². The molecule has 0 aliphatic rings. The Hall–Kier alpha value is -0.730. The van der Waals surface area contributed by atoms with Crippen molar-refractivity contribution in [3.05, 3.63) is 29.3 Å². The van der Waals surface area contributed by atoms with E-state index in [4.69, 9.17) is 11.6 Å². The minimum Gasteiger partial charge on any atom is -0.394 e. The SMILES string of the molecule is CCC(C)(CO)Nc1ccccc1Cl. The van der Waals surface area contributed by atoms with Crippen molar-refractivity contribution >= 4 is 17.3 Å². The van der Waals surface area contributed by atoms with E-state index in [2.05, 4.69) is 5.32 Å². The Morgan fingerprint density at radius 3 is 2.57 bits per heavy atom. The summed E-state index contributed by atoms with van der Waals surface area (Å²) in [6.45, 7) is 4.09. The van der Waals surface area contributed by atoms with E-state index in [0.29, 0.717) is 5.02 Å². The Morgan fingerprint density at radius 2 is 2.07 bits per heavy atom. The van der Waals surface area contributed by atoms with E-state index >= 15 is 0 Å². The molecule has 0 spiro atoms. The van der Waals surface area contributed by atoms with Crippen LogP contribution in [0.4, 0.5) is 5.69 Å². The van der Waals surface area contributed by atoms with Gasteiger partial charge in [0.25, 0.3) is 0 Å². The molecule has 0 amide bonds. The molecule has 0 heterocycles. The van der Waals surface area contributed by atoms with Crippen LogP contribution in [0.5, 0.6) is 0 Å². The highest BCUT2D eigenvalue weighted by molar-refractivity contribution is 6.33. The number of benzene rings is 1. The van der Waals surface area contributed by atoms with E-state index in [-0.39, 0.29) is 12.1 Å². The van der Waals surface area contributed by atoms with E-state index in [1.807, 2.05) is 38.1 Å². The van der Waals surface area contributed by atoms with Crippen molar-refractivity contribution < 1.29 is 5.11 Å². The number of hydrogen-bond donors (Lipinski definition) is 2. The molecule has 1 aromatic rings. The number of rotatable bonds is 4. The van der Waals surface area contributed by atoms with Crippen LogP contribution in [0.3, 0.4) is 0 Å². The zero-order chi connectivity index (χ0) is 10.6. The van der Waals surface area contributed by atoms with Gasteiger partial charge in [0.2, 0.25) is 0 Å². The highest BCUT2D eigenvalue weighted by Crippen LogP contribution is 2.25. The van der Waals surface area contributed by atoms with Crippen LogP contribution < -0.4 is 5.32 Å². The fourth-order valence-electron chi connectivity index (χ4n) is 1.13. The van der Waals surface area contributed by atoms with Crippen LogP contribution in [0.1, 0.15) is 20.3 Å². The fraction of sp³-hybridized carbons (Fsp3) is 0.455. The Kier molecular flexibility index (Phi) is 3.78. The fourth-order valence-corrected chi connectivity index (χ4v) is 1.31. The van der Waals surface area contributed by atoms with E-state index in [0.717, 1.165) is 12.1 Å². The lowest BCUT2D eigenvalue weighted by atomic mass is 10.00. The van der Waals surface area contributed by atoms with Crippen molar-refractivity contribution in [2.24, 2.45) is 0 Å². The first-order chi connectivity index (χ1) is 6.61. The van der Waals surface area contributed by atoms with Crippen LogP contribution >= 0.6 is 11.6 Å². The molecule has 0 aromatic heterocycles. The maximum Gasteiger partial charge on any atom is 0.0658 e. The maximum atomic E-state index is 9.23. The molecule has 0 aliphatic heterocycles. The Balaban J connectivity index is 2.82. The molecule has 0 aliphatic carbocycles. The third-order valence-electron chi connectivity index (χ3n) is 2.44. The molecule has 2 nitrogen and oxygen atoms in total. The van der Waals surface area contributed by atoms with Crippen molar-refractivity contribution in [1.29, 1.82) is 0 Å². The second kappa shape index (κ2) is 4.67. The predicted molar refractivity (Wildman–Crippen MR) is 60.9 cm³/mol. The van der Waals surface area contributed by atoms with Gasteiger partial charge in [0.1, 0.15) is 0 Å². The van der Waals surface area contributed by atoms with Gasteiger partial charge >= 0.3 is 0 Å². The number of para-hydroxylation sites is 1. The normalized spacial score (nSPS) is 14.9. The van der Waals surface area contributed by atoms with Crippen molar-refractivity contribution in [3.8, 4) is 0 Å². The van der Waals surface area contributed by atoms with E-state index in [9.17, 15) is 5.11 Å². The smallest absolute Gasteiger partial charge is 0.0658 e. The molecule has 0 bridgehead atoms. The van der Waals surface area contributed by atoms with Gasteiger partial charge in [-0.3, -0.25) is 0 Å². The molecule has 1 aromatic carbocycles. The molecule has 1 unspecified atom stereocenters. The number of aliphatic hydroxyl groups excluding tert-OH is 1. The standard InChI is InChI=1S/C11H16ClNO/c1-3-11(2,8-14)13-10-7-5-4-6-9(10)12/h4-7,13-14H,3,8H2,1-2H3. The third kappa shape index (κ3) is 2.63. The first-order valence-corrected chi connectivity index (χ1v) is 5.12. The van der Waals surface area contributed by atoms with E-state index in [1.165, 1.54) is 0 Å². The second-order valence-electron chi connectivity index (χ2n) is 3.68. The molecule has 2 N–H and O–H groups in total. The van der Waals surface area contributed by atoms with Crippen LogP contribution in [0.25, 0.3) is 0 Å². The van der Waals surface area contributed by atoms with Crippen molar-refractivity contribution in [2.75, 3.05) is 11.9 Å². The van der Waals surface area contributed by atoms with Gasteiger partial charge < -0.3 is 10.4 Å². The lowest BCUT2D eigenvalue weighted by Crippen LogP contribution is -2.38. The minimum atomic E-state index is -0.301. The summed E-state index contributed by atoms with van der Waals surface area (Å²) in [6, 6.07) is 7.54. The highest BCUT2D eigenvalue weighted by Gasteiger charge is 2.20. The van der Waals surface area contributed by atoms with Crippen LogP contribution in [0, 0.1) is 0 Å². The van der Waals surface area contributed by atoms with Crippen molar-refractivity contribution in [1.82, 2.24) is 0 Å². The molecule has 1 atom stereocenters. The van der Waals surface area contributed by atoms with Crippen molar-refractivity contribution in [2.45, 2.75) is 25.8 Å². The Labute approximate surface area is 89.9 Å². The first-order valence-electron chi connectivity index (χ1n) is 4.75. The van der Waals surface area contributed by atoms with Gasteiger partial charge in [-0.05, 0) is 25.5 Å². The summed E-state index contributed by atoms with van der Waals surface area (Å²) in [6.07, 6.45) is 0.842. The summed E-state index contributed by atoms with van der Waals surface area (Å²) in [5.74, 6) is 0. The van der Waals surface area contributed by atoms with E-state index < -0.39 is 0 Å². The van der Waals surface area contributed by atoms with Gasteiger partial charge in [0.15, 0.2) is 0 Å². The largest absolute Gasteiger partial charge is 0.394 e. The minimum absolute atomic E-state index is 0.0920. The summed E-state index contributed by atoms with van der Waals surface area (Å²) < 4.78 is 0. The zero-order valence-corrected chi connectivity index (χ0v) is 9.30. The lowest BCUT2D eigenvalue weighted by Gasteiger charge is -2.28. The molecule has 78 valence electrons. The summed E-state index contributed by atoms with van der Waals surface area (Å²) in [5.41, 5.74) is 0.568. The summed E-state index contributed by atoms with van der Waals surface area (Å²) >= 11 is 6.00. The average Bonchev–Trinajstić information content (AvgIpc) is 2.21. The average molecular weight is 214 g/mol. The van der Waals surface area contributed by atoms with Gasteiger partial charge in [-0.15, -0.1) is 0 Å². The molecule has 0 saturated carbocycles. The molecular formula is C11H16ClNO. The highest BCUT2D eigenvalue weighted by atomic mass is 35.5. The molecule has 0 saturated heterocycles. The first kappa shape index (κ1) is 11.3. The van der Waals surface area contributed by atoms with Crippen LogP contribution in [0.15, 0.2) is 24.3 Å². The number of hydrogen-bond acceptors (Lipinski definition) is 2. The maximum absolute atomic E-state index is 9.23. The van der Waals surface area contributed by atoms with Crippen molar-refractivity contribution in [3.63, 3.8) is 0 Å². The number of aliphatic hydroxyl groups is 1. The molecule has 0 radical (unpaired) electrons. The Morgan fingerprint density at radius 1 is 1.43 bits per heavy atom. The van der Waals surface area contributed by atoms with Crippen LogP contribution in [-0.2, 0) is 0 Å². The predicted octanol–water partition coefficient (Wildman–Crippen LogP) is 2.91. The number of halogens is 1. The van der Waals surface area contributed by atoms with Gasteiger partial charge in [0, 0.05) is 0 Å². The van der Waals surface area contributed by atoms with Gasteiger partial charge in [-0.2, -0.15) is 0 Å². The zero-order valence-electron chi connectivity index (χ0n) is 8.55. The Bertz CT molecular complexity index is 297. The quantitative estimate of drug-likeness (QED) is 0.806. The molecule has 0 fully saturated rings. The lowest BCUT2D eigenvalue weighted by molar-refractivity contribution is 0.219. The molecule has 3 heteroatoms. The summed E-state index contributed by atoms with van der Waals surface area (Å²) in [5, 5.41) is 13.2. The molecule has 14 heavy (non-hydrogen) atoms. The number of nitrogens with one attached hydrogen (secondary N) is 1.